The van der Waals surface area contributed by atoms with E-state index < -0.39 is 10.0 Å². The predicted molar refractivity (Wildman–Crippen MR) is 108 cm³/mol. The molecule has 1 fully saturated rings. The van der Waals surface area contributed by atoms with E-state index in [9.17, 15) is 13.2 Å². The minimum Gasteiger partial charge on any atom is -0.484 e. The number of benzene rings is 2. The first kappa shape index (κ1) is 20.6. The van der Waals surface area contributed by atoms with Crippen LogP contribution in [0.5, 0.6) is 5.75 Å². The number of piperazine rings is 1. The maximum atomic E-state index is 12.7. The molecule has 0 radical (unpaired) electrons. The molecular weight excluding hydrogens is 400 g/mol. The van der Waals surface area contributed by atoms with Crippen molar-refractivity contribution < 1.29 is 17.9 Å². The number of carbonyl (C=O) groups is 1. The van der Waals surface area contributed by atoms with Gasteiger partial charge >= 0.3 is 0 Å². The summed E-state index contributed by atoms with van der Waals surface area (Å²) in [5, 5.41) is 0.485. The smallest absolute Gasteiger partial charge is 0.260 e. The van der Waals surface area contributed by atoms with Gasteiger partial charge in [0.2, 0.25) is 10.0 Å². The Morgan fingerprint density at radius 2 is 1.61 bits per heavy atom. The van der Waals surface area contributed by atoms with Crippen molar-refractivity contribution in [1.82, 2.24) is 9.21 Å². The highest BCUT2D eigenvalue weighted by atomic mass is 35.5. The first-order valence-electron chi connectivity index (χ1n) is 9.15. The third kappa shape index (κ3) is 4.84. The van der Waals surface area contributed by atoms with Crippen LogP contribution in [-0.2, 0) is 21.2 Å². The second-order valence-corrected chi connectivity index (χ2v) is 8.90. The van der Waals surface area contributed by atoms with Crippen LogP contribution in [-0.4, -0.2) is 56.3 Å². The zero-order chi connectivity index (χ0) is 20.1. The van der Waals surface area contributed by atoms with Gasteiger partial charge in [-0.05, 0) is 48.4 Å². The predicted octanol–water partition coefficient (Wildman–Crippen LogP) is 2.81. The summed E-state index contributed by atoms with van der Waals surface area (Å²) in [5.74, 6) is 0.498. The van der Waals surface area contributed by atoms with Crippen molar-refractivity contribution in [3.8, 4) is 5.75 Å². The largest absolute Gasteiger partial charge is 0.484 e. The van der Waals surface area contributed by atoms with Gasteiger partial charge < -0.3 is 9.64 Å². The summed E-state index contributed by atoms with van der Waals surface area (Å²) in [6.07, 6.45) is 0.947. The summed E-state index contributed by atoms with van der Waals surface area (Å²) in [5.41, 5.74) is 1.21. The van der Waals surface area contributed by atoms with Gasteiger partial charge in [-0.3, -0.25) is 4.79 Å². The molecule has 0 aliphatic carbocycles. The molecule has 0 unspecified atom stereocenters. The fraction of sp³-hybridized carbons (Fsp3) is 0.350. The summed E-state index contributed by atoms with van der Waals surface area (Å²) in [6.45, 7) is 3.19. The lowest BCUT2D eigenvalue weighted by Crippen LogP contribution is -2.51. The van der Waals surface area contributed by atoms with Crippen LogP contribution in [0.3, 0.4) is 0 Å². The quantitative estimate of drug-likeness (QED) is 0.717. The SMILES string of the molecule is CCc1ccc(OCC(=O)N2CCN(S(=O)(=O)c3ccc(Cl)cc3)CC2)cc1. The lowest BCUT2D eigenvalue weighted by molar-refractivity contribution is -0.134. The van der Waals surface area contributed by atoms with E-state index in [4.69, 9.17) is 16.3 Å². The van der Waals surface area contributed by atoms with Gasteiger partial charge in [0.05, 0.1) is 4.90 Å². The van der Waals surface area contributed by atoms with Crippen LogP contribution in [0.25, 0.3) is 0 Å². The van der Waals surface area contributed by atoms with Crippen molar-refractivity contribution in [2.75, 3.05) is 32.8 Å². The van der Waals surface area contributed by atoms with E-state index in [-0.39, 0.29) is 30.5 Å². The number of aryl methyl sites for hydroxylation is 1. The standard InChI is InChI=1S/C20H23ClN2O4S/c1-2-16-3-7-18(8-4-16)27-15-20(24)22-11-13-23(14-12-22)28(25,26)19-9-5-17(21)6-10-19/h3-10H,2,11-15H2,1H3. The minimum atomic E-state index is -3.58. The van der Waals surface area contributed by atoms with Crippen molar-refractivity contribution in [2.24, 2.45) is 0 Å². The average Bonchev–Trinajstić information content (AvgIpc) is 2.73. The van der Waals surface area contributed by atoms with Crippen LogP contribution in [0.15, 0.2) is 53.4 Å². The molecule has 0 saturated carbocycles. The Kier molecular flexibility index (Phi) is 6.59. The molecule has 0 spiro atoms. The fourth-order valence-electron chi connectivity index (χ4n) is 2.99. The highest BCUT2D eigenvalue weighted by Crippen LogP contribution is 2.20. The van der Waals surface area contributed by atoms with Crippen LogP contribution in [0.1, 0.15) is 12.5 Å². The molecule has 1 aliphatic heterocycles. The lowest BCUT2D eigenvalue weighted by Gasteiger charge is -2.34. The number of sulfonamides is 1. The normalized spacial score (nSPS) is 15.4. The second kappa shape index (κ2) is 8.94. The number of rotatable bonds is 6. The van der Waals surface area contributed by atoms with E-state index in [2.05, 4.69) is 6.92 Å². The molecule has 3 rings (SSSR count). The van der Waals surface area contributed by atoms with E-state index >= 15 is 0 Å². The number of hydrogen-bond acceptors (Lipinski definition) is 4. The van der Waals surface area contributed by atoms with E-state index in [1.165, 1.54) is 22.0 Å². The molecule has 1 saturated heterocycles. The minimum absolute atomic E-state index is 0.0601. The zero-order valence-electron chi connectivity index (χ0n) is 15.7. The van der Waals surface area contributed by atoms with Gasteiger partial charge in [-0.1, -0.05) is 30.7 Å². The number of nitrogens with zero attached hydrogens (tertiary/aromatic N) is 2. The summed E-state index contributed by atoms with van der Waals surface area (Å²) >= 11 is 5.83. The van der Waals surface area contributed by atoms with E-state index in [1.54, 1.807) is 17.0 Å². The highest BCUT2D eigenvalue weighted by molar-refractivity contribution is 7.89. The summed E-state index contributed by atoms with van der Waals surface area (Å²) in [4.78, 5) is 14.2. The molecule has 1 amide bonds. The molecule has 2 aromatic rings. The zero-order valence-corrected chi connectivity index (χ0v) is 17.2. The van der Waals surface area contributed by atoms with Crippen LogP contribution >= 0.6 is 11.6 Å². The van der Waals surface area contributed by atoms with Gasteiger partial charge in [0.15, 0.2) is 6.61 Å². The summed E-state index contributed by atoms with van der Waals surface area (Å²) in [6, 6.07) is 13.7. The van der Waals surface area contributed by atoms with Crippen LogP contribution in [0.4, 0.5) is 0 Å². The highest BCUT2D eigenvalue weighted by Gasteiger charge is 2.30. The number of ether oxygens (including phenoxy) is 1. The number of carbonyl (C=O) groups excluding carboxylic acids is 1. The first-order valence-corrected chi connectivity index (χ1v) is 11.0. The topological polar surface area (TPSA) is 66.9 Å². The molecule has 0 N–H and O–H groups in total. The van der Waals surface area contributed by atoms with Crippen molar-refractivity contribution in [3.63, 3.8) is 0 Å². The number of hydrogen-bond donors (Lipinski definition) is 0. The molecule has 6 nitrogen and oxygen atoms in total. The van der Waals surface area contributed by atoms with Crippen LogP contribution in [0, 0.1) is 0 Å². The van der Waals surface area contributed by atoms with Gasteiger partial charge in [-0.15, -0.1) is 0 Å². The molecular formula is C20H23ClN2O4S. The van der Waals surface area contributed by atoms with Crippen molar-refractivity contribution >= 4 is 27.5 Å². The Morgan fingerprint density at radius 3 is 2.18 bits per heavy atom. The van der Waals surface area contributed by atoms with Gasteiger partial charge in [0, 0.05) is 31.2 Å². The van der Waals surface area contributed by atoms with Gasteiger partial charge in [-0.2, -0.15) is 4.31 Å². The van der Waals surface area contributed by atoms with E-state index in [0.29, 0.717) is 23.9 Å². The Balaban J connectivity index is 1.52. The van der Waals surface area contributed by atoms with Crippen molar-refractivity contribution in [1.29, 1.82) is 0 Å². The molecule has 1 aliphatic rings. The van der Waals surface area contributed by atoms with Crippen LogP contribution in [0.2, 0.25) is 5.02 Å². The van der Waals surface area contributed by atoms with Gasteiger partial charge in [0.1, 0.15) is 5.75 Å². The monoisotopic (exact) mass is 422 g/mol. The van der Waals surface area contributed by atoms with E-state index in [0.717, 1.165) is 6.42 Å². The number of halogens is 1. The summed E-state index contributed by atoms with van der Waals surface area (Å²) < 4.78 is 32.3. The Morgan fingerprint density at radius 1 is 1.00 bits per heavy atom. The number of amides is 1. The van der Waals surface area contributed by atoms with Crippen molar-refractivity contribution in [2.45, 2.75) is 18.2 Å². The molecule has 150 valence electrons. The van der Waals surface area contributed by atoms with Gasteiger partial charge in [0.25, 0.3) is 5.91 Å². The first-order chi connectivity index (χ1) is 13.4. The third-order valence-corrected chi connectivity index (χ3v) is 6.90. The van der Waals surface area contributed by atoms with Crippen molar-refractivity contribution in [3.05, 3.63) is 59.1 Å². The third-order valence-electron chi connectivity index (χ3n) is 4.74. The lowest BCUT2D eigenvalue weighted by atomic mass is 10.2. The Hall–Kier alpha value is -2.09. The molecule has 8 heteroatoms. The maximum Gasteiger partial charge on any atom is 0.260 e. The maximum absolute atomic E-state index is 12.7. The fourth-order valence-corrected chi connectivity index (χ4v) is 4.54. The van der Waals surface area contributed by atoms with Crippen LogP contribution < -0.4 is 4.74 Å². The molecule has 2 aromatic carbocycles. The molecule has 0 bridgehead atoms. The molecule has 28 heavy (non-hydrogen) atoms. The van der Waals surface area contributed by atoms with Gasteiger partial charge in [-0.25, -0.2) is 8.42 Å². The second-order valence-electron chi connectivity index (χ2n) is 6.52. The average molecular weight is 423 g/mol. The molecule has 0 atom stereocenters. The molecule has 0 aromatic heterocycles. The Labute approximate surface area is 170 Å². The van der Waals surface area contributed by atoms with E-state index in [1.807, 2.05) is 24.3 Å². The Bertz CT molecular complexity index is 906. The molecule has 1 heterocycles. The summed E-state index contributed by atoms with van der Waals surface area (Å²) in [7, 11) is -3.58.